The van der Waals surface area contributed by atoms with Gasteiger partial charge in [0.25, 0.3) is 0 Å². The maximum atomic E-state index is 12.0. The van der Waals surface area contributed by atoms with Crippen molar-refractivity contribution < 1.29 is 14.3 Å². The van der Waals surface area contributed by atoms with E-state index in [-0.39, 0.29) is 42.5 Å². The Kier molecular flexibility index (Phi) is 12.6. The number of rotatable bonds is 10. The lowest BCUT2D eigenvalue weighted by Crippen LogP contribution is -2.34. The number of likely N-dealkylation sites (N-methyl/N-ethyl adjacent to an activating group) is 1. The zero-order valence-electron chi connectivity index (χ0n) is 18.6. The van der Waals surface area contributed by atoms with Crippen LogP contribution in [0.3, 0.4) is 0 Å². The summed E-state index contributed by atoms with van der Waals surface area (Å²) >= 11 is 0. The number of aliphatic imine (C=N–C) groups is 1. The van der Waals surface area contributed by atoms with Gasteiger partial charge in [-0.15, -0.1) is 24.0 Å². The Morgan fingerprint density at radius 2 is 1.84 bits per heavy atom. The van der Waals surface area contributed by atoms with Crippen molar-refractivity contribution >= 4 is 41.5 Å². The van der Waals surface area contributed by atoms with E-state index >= 15 is 0 Å². The van der Waals surface area contributed by atoms with Gasteiger partial charge >= 0.3 is 0 Å². The van der Waals surface area contributed by atoms with Crippen molar-refractivity contribution in [3.05, 3.63) is 60.2 Å². The molecule has 2 rings (SSSR count). The van der Waals surface area contributed by atoms with E-state index in [4.69, 9.17) is 9.47 Å². The number of ether oxygens (including phenoxy) is 2. The molecule has 2 aromatic carbocycles. The highest BCUT2D eigenvalue weighted by Crippen LogP contribution is 2.18. The molecule has 0 aliphatic rings. The second-order valence-corrected chi connectivity index (χ2v) is 7.08. The molecule has 7 nitrogen and oxygen atoms in total. The van der Waals surface area contributed by atoms with Crippen LogP contribution in [0.25, 0.3) is 0 Å². The number of methoxy groups -OCH3 is 1. The molecular weight excluding hydrogens is 507 g/mol. The molecule has 0 radical (unpaired) electrons. The molecule has 1 amide bonds. The number of amides is 1. The summed E-state index contributed by atoms with van der Waals surface area (Å²) in [6.45, 7) is 3.35. The number of benzene rings is 2. The van der Waals surface area contributed by atoms with Crippen LogP contribution in [0.15, 0.2) is 59.6 Å². The normalized spacial score (nSPS) is 11.8. The van der Waals surface area contributed by atoms with Crippen molar-refractivity contribution in [3.63, 3.8) is 0 Å². The summed E-state index contributed by atoms with van der Waals surface area (Å²) in [5, 5.41) is 6.65. The first-order valence-corrected chi connectivity index (χ1v) is 10.0. The van der Waals surface area contributed by atoms with Gasteiger partial charge in [-0.25, -0.2) is 4.99 Å². The first-order valence-electron chi connectivity index (χ1n) is 10.0. The highest BCUT2D eigenvalue weighted by atomic mass is 127. The molecule has 8 heteroatoms. The summed E-state index contributed by atoms with van der Waals surface area (Å²) < 4.78 is 10.8. The van der Waals surface area contributed by atoms with Gasteiger partial charge in [0.05, 0.1) is 12.6 Å². The summed E-state index contributed by atoms with van der Waals surface area (Å²) in [5.41, 5.74) is 1.95. The average Bonchev–Trinajstić information content (AvgIpc) is 2.75. The number of carbonyl (C=O) groups excluding carboxylic acids is 1. The van der Waals surface area contributed by atoms with Gasteiger partial charge in [0, 0.05) is 46.0 Å². The summed E-state index contributed by atoms with van der Waals surface area (Å²) in [6, 6.07) is 17.8. The van der Waals surface area contributed by atoms with Crippen LogP contribution in [0.1, 0.15) is 24.9 Å². The van der Waals surface area contributed by atoms with Gasteiger partial charge in [-0.2, -0.15) is 0 Å². The van der Waals surface area contributed by atoms with Gasteiger partial charge in [0.15, 0.2) is 5.96 Å². The monoisotopic (exact) mass is 540 g/mol. The van der Waals surface area contributed by atoms with E-state index in [9.17, 15) is 4.79 Å². The zero-order chi connectivity index (χ0) is 21.8. The van der Waals surface area contributed by atoms with E-state index in [0.29, 0.717) is 19.2 Å². The number of nitrogens with zero attached hydrogens (tertiary/aromatic N) is 2. The third-order valence-electron chi connectivity index (χ3n) is 4.38. The van der Waals surface area contributed by atoms with Crippen molar-refractivity contribution in [2.75, 3.05) is 46.3 Å². The van der Waals surface area contributed by atoms with E-state index in [1.807, 2.05) is 42.5 Å². The number of hydrogen-bond donors (Lipinski definition) is 2. The van der Waals surface area contributed by atoms with Crippen LogP contribution in [0, 0.1) is 0 Å². The number of carbonyl (C=O) groups is 1. The van der Waals surface area contributed by atoms with Crippen LogP contribution in [-0.2, 0) is 9.53 Å². The van der Waals surface area contributed by atoms with E-state index in [2.05, 4.69) is 34.7 Å². The molecule has 0 saturated carbocycles. The van der Waals surface area contributed by atoms with Crippen molar-refractivity contribution in [1.29, 1.82) is 0 Å². The number of hydrogen-bond acceptors (Lipinski definition) is 4. The van der Waals surface area contributed by atoms with E-state index < -0.39 is 0 Å². The smallest absolute Gasteiger partial charge is 0.243 e. The van der Waals surface area contributed by atoms with Crippen molar-refractivity contribution in [2.45, 2.75) is 19.4 Å². The lowest BCUT2D eigenvalue weighted by Gasteiger charge is -2.19. The Hall–Kier alpha value is -2.33. The molecule has 0 aliphatic carbocycles. The summed E-state index contributed by atoms with van der Waals surface area (Å²) in [6.07, 6.45) is 0.823. The third-order valence-corrected chi connectivity index (χ3v) is 4.38. The quantitative estimate of drug-likeness (QED) is 0.207. The average molecular weight is 540 g/mol. The number of guanidine groups is 1. The molecule has 31 heavy (non-hydrogen) atoms. The maximum Gasteiger partial charge on any atom is 0.243 e. The minimum absolute atomic E-state index is 0. The summed E-state index contributed by atoms with van der Waals surface area (Å²) in [5.74, 6) is 1.22. The summed E-state index contributed by atoms with van der Waals surface area (Å²) in [7, 11) is 5.11. The summed E-state index contributed by atoms with van der Waals surface area (Å²) in [4.78, 5) is 18.0. The predicted molar refractivity (Wildman–Crippen MR) is 136 cm³/mol. The molecule has 0 bridgehead atoms. The molecule has 0 aromatic heterocycles. The molecule has 0 saturated heterocycles. The molecule has 1 unspecified atom stereocenters. The first kappa shape index (κ1) is 26.7. The molecule has 0 heterocycles. The van der Waals surface area contributed by atoms with Crippen LogP contribution >= 0.6 is 24.0 Å². The van der Waals surface area contributed by atoms with Crippen LogP contribution in [-0.4, -0.2) is 57.7 Å². The van der Waals surface area contributed by atoms with Crippen LogP contribution in [0.5, 0.6) is 5.75 Å². The van der Waals surface area contributed by atoms with Crippen LogP contribution < -0.4 is 15.4 Å². The van der Waals surface area contributed by atoms with E-state index in [0.717, 1.165) is 23.4 Å². The Balaban J connectivity index is 0.00000480. The molecule has 1 atom stereocenters. The first-order chi connectivity index (χ1) is 14.5. The van der Waals surface area contributed by atoms with Gasteiger partial charge < -0.3 is 25.0 Å². The lowest BCUT2D eigenvalue weighted by molar-refractivity contribution is -0.127. The van der Waals surface area contributed by atoms with Crippen LogP contribution in [0.2, 0.25) is 0 Å². The third kappa shape index (κ3) is 10.0. The highest BCUT2D eigenvalue weighted by molar-refractivity contribution is 14.0. The van der Waals surface area contributed by atoms with Gasteiger partial charge in [0.2, 0.25) is 5.91 Å². The van der Waals surface area contributed by atoms with E-state index in [1.54, 1.807) is 21.2 Å². The number of nitrogens with one attached hydrogen (secondary N) is 2. The Labute approximate surface area is 202 Å². The predicted octanol–water partition coefficient (Wildman–Crippen LogP) is 3.93. The fourth-order valence-corrected chi connectivity index (χ4v) is 2.63. The molecular formula is C23H33IN4O3. The molecule has 0 spiro atoms. The zero-order valence-corrected chi connectivity index (χ0v) is 21.0. The van der Waals surface area contributed by atoms with Gasteiger partial charge in [-0.3, -0.25) is 4.79 Å². The lowest BCUT2D eigenvalue weighted by atomic mass is 10.1. The Morgan fingerprint density at radius 1 is 1.10 bits per heavy atom. The van der Waals surface area contributed by atoms with Crippen molar-refractivity contribution in [3.8, 4) is 5.75 Å². The van der Waals surface area contributed by atoms with Gasteiger partial charge in [-0.05, 0) is 24.6 Å². The minimum Gasteiger partial charge on any atom is -0.493 e. The fourth-order valence-electron chi connectivity index (χ4n) is 2.63. The number of halogens is 1. The molecule has 2 N–H and O–H groups in total. The van der Waals surface area contributed by atoms with E-state index in [1.165, 1.54) is 4.90 Å². The second-order valence-electron chi connectivity index (χ2n) is 7.08. The minimum atomic E-state index is -0.0707. The molecule has 170 valence electrons. The molecule has 2 aromatic rings. The Bertz CT molecular complexity index is 815. The van der Waals surface area contributed by atoms with Gasteiger partial charge in [0.1, 0.15) is 12.3 Å². The highest BCUT2D eigenvalue weighted by Gasteiger charge is 2.10. The SMILES string of the molecule is COCCCOc1cccc(NC(=NCC(=O)N(C)C)NC(C)c2ccccc2)c1.I. The standard InChI is InChI=1S/C23H32N4O3.HI/c1-18(19-10-6-5-7-11-19)25-23(24-17-22(28)27(2)3)26-20-12-8-13-21(16-20)30-15-9-14-29-4;/h5-8,10-13,16,18H,9,14-15,17H2,1-4H3,(H2,24,25,26);1H. The van der Waals surface area contributed by atoms with Crippen LogP contribution in [0.4, 0.5) is 5.69 Å². The van der Waals surface area contributed by atoms with Crippen molar-refractivity contribution in [2.24, 2.45) is 4.99 Å². The number of anilines is 1. The second kappa shape index (κ2) is 14.6. The maximum absolute atomic E-state index is 12.0. The van der Waals surface area contributed by atoms with Crippen molar-refractivity contribution in [1.82, 2.24) is 10.2 Å². The fraction of sp³-hybridized carbons (Fsp3) is 0.391. The van der Waals surface area contributed by atoms with Gasteiger partial charge in [-0.1, -0.05) is 36.4 Å². The molecule has 0 aliphatic heterocycles. The molecule has 0 fully saturated rings. The topological polar surface area (TPSA) is 75.2 Å². The Morgan fingerprint density at radius 3 is 2.52 bits per heavy atom. The largest absolute Gasteiger partial charge is 0.493 e.